The molecule has 1 amide bonds. The van der Waals surface area contributed by atoms with Gasteiger partial charge in [-0.25, -0.2) is 9.37 Å². The smallest absolute Gasteiger partial charge is 0.288 e. The number of nitro groups is 1. The van der Waals surface area contributed by atoms with Crippen LogP contribution in [0, 0.1) is 15.9 Å². The van der Waals surface area contributed by atoms with Gasteiger partial charge in [0, 0.05) is 23.4 Å². The highest BCUT2D eigenvalue weighted by atomic mass is 35.5. The van der Waals surface area contributed by atoms with E-state index in [1.54, 1.807) is 40.9 Å². The van der Waals surface area contributed by atoms with E-state index in [0.29, 0.717) is 22.7 Å². The minimum Gasteiger partial charge on any atom is -0.306 e. The molecule has 4 aromatic rings. The topological polar surface area (TPSA) is 89.5 Å². The molecule has 0 saturated heterocycles. The summed E-state index contributed by atoms with van der Waals surface area (Å²) >= 11 is 5.82. The molecular weight excluding hydrogens is 399 g/mol. The molecule has 9 heteroatoms. The minimum atomic E-state index is -0.655. The zero-order valence-electron chi connectivity index (χ0n) is 14.7. The fraction of sp³-hybridized carbons (Fsp3) is 0. The van der Waals surface area contributed by atoms with Gasteiger partial charge in [-0.2, -0.15) is 0 Å². The molecule has 144 valence electrons. The molecule has 0 atom stereocenters. The quantitative estimate of drug-likeness (QED) is 0.380. The lowest BCUT2D eigenvalue weighted by Gasteiger charge is -2.08. The van der Waals surface area contributed by atoms with Gasteiger partial charge in [-0.05, 0) is 48.5 Å². The van der Waals surface area contributed by atoms with Crippen molar-refractivity contribution in [1.82, 2.24) is 9.38 Å². The molecule has 2 aromatic carbocycles. The average Bonchev–Trinajstić information content (AvgIpc) is 3.07. The van der Waals surface area contributed by atoms with Crippen LogP contribution in [0.25, 0.3) is 16.9 Å². The molecule has 0 unspecified atom stereocenters. The van der Waals surface area contributed by atoms with Crippen LogP contribution in [0.3, 0.4) is 0 Å². The number of nitro benzene ring substituents is 1. The number of halogens is 2. The van der Waals surface area contributed by atoms with Crippen LogP contribution < -0.4 is 5.32 Å². The van der Waals surface area contributed by atoms with Crippen molar-refractivity contribution in [2.75, 3.05) is 5.32 Å². The monoisotopic (exact) mass is 410 g/mol. The van der Waals surface area contributed by atoms with Crippen molar-refractivity contribution in [1.29, 1.82) is 0 Å². The first-order valence-electron chi connectivity index (χ1n) is 8.42. The number of imidazole rings is 1. The van der Waals surface area contributed by atoms with Crippen molar-refractivity contribution >= 4 is 34.7 Å². The third-order valence-electron chi connectivity index (χ3n) is 4.28. The molecule has 0 saturated carbocycles. The highest BCUT2D eigenvalue weighted by molar-refractivity contribution is 6.32. The SMILES string of the molecule is O=C(Nc1c(-c2ccc(F)cc2)nc2ccccn12)c1ccc(Cl)c([N+](=O)[O-])c1. The second-order valence-electron chi connectivity index (χ2n) is 6.12. The van der Waals surface area contributed by atoms with Gasteiger partial charge in [0.1, 0.15) is 28.0 Å². The van der Waals surface area contributed by atoms with Gasteiger partial charge in [-0.1, -0.05) is 17.7 Å². The Bertz CT molecular complexity index is 1250. The fourth-order valence-corrected chi connectivity index (χ4v) is 3.08. The van der Waals surface area contributed by atoms with Gasteiger partial charge in [0.05, 0.1) is 4.92 Å². The van der Waals surface area contributed by atoms with Gasteiger partial charge in [0.2, 0.25) is 0 Å². The number of anilines is 1. The van der Waals surface area contributed by atoms with Crippen LogP contribution in [0.5, 0.6) is 0 Å². The van der Waals surface area contributed by atoms with E-state index in [2.05, 4.69) is 10.3 Å². The molecule has 0 radical (unpaired) electrons. The van der Waals surface area contributed by atoms with Gasteiger partial charge in [-0.15, -0.1) is 0 Å². The number of rotatable bonds is 4. The van der Waals surface area contributed by atoms with E-state index in [0.717, 1.165) is 6.07 Å². The summed E-state index contributed by atoms with van der Waals surface area (Å²) in [6.45, 7) is 0. The molecule has 0 spiro atoms. The number of hydrogen-bond donors (Lipinski definition) is 1. The summed E-state index contributed by atoms with van der Waals surface area (Å²) in [5, 5.41) is 13.8. The number of carbonyl (C=O) groups excluding carboxylic acids is 1. The molecule has 2 aromatic heterocycles. The Labute approximate surface area is 168 Å². The van der Waals surface area contributed by atoms with Crippen LogP contribution in [-0.2, 0) is 0 Å². The Hall–Kier alpha value is -3.78. The molecule has 4 rings (SSSR count). The Balaban J connectivity index is 1.78. The Morgan fingerprint density at radius 1 is 1.14 bits per heavy atom. The molecule has 7 nitrogen and oxygen atoms in total. The maximum absolute atomic E-state index is 13.3. The molecule has 2 heterocycles. The zero-order chi connectivity index (χ0) is 20.5. The third-order valence-corrected chi connectivity index (χ3v) is 4.60. The first kappa shape index (κ1) is 18.6. The van der Waals surface area contributed by atoms with Gasteiger partial charge in [-0.3, -0.25) is 19.3 Å². The first-order valence-corrected chi connectivity index (χ1v) is 8.80. The fourth-order valence-electron chi connectivity index (χ4n) is 2.90. The molecule has 0 aliphatic rings. The summed E-state index contributed by atoms with van der Waals surface area (Å²) in [6, 6.07) is 14.8. The van der Waals surface area contributed by atoms with Crippen LogP contribution >= 0.6 is 11.6 Å². The van der Waals surface area contributed by atoms with Crippen molar-refractivity contribution in [2.24, 2.45) is 0 Å². The number of pyridine rings is 1. The maximum atomic E-state index is 13.3. The van der Waals surface area contributed by atoms with Crippen LogP contribution in [-0.4, -0.2) is 20.2 Å². The number of nitrogens with one attached hydrogen (secondary N) is 1. The number of benzene rings is 2. The second kappa shape index (κ2) is 7.33. The van der Waals surface area contributed by atoms with Crippen molar-refractivity contribution in [3.05, 3.63) is 93.4 Å². The van der Waals surface area contributed by atoms with Crippen LogP contribution in [0.1, 0.15) is 10.4 Å². The predicted molar refractivity (Wildman–Crippen MR) is 107 cm³/mol. The van der Waals surface area contributed by atoms with E-state index in [1.165, 1.54) is 24.3 Å². The van der Waals surface area contributed by atoms with E-state index in [1.807, 2.05) is 0 Å². The average molecular weight is 411 g/mol. The van der Waals surface area contributed by atoms with E-state index in [4.69, 9.17) is 11.6 Å². The molecule has 0 aliphatic carbocycles. The molecule has 0 fully saturated rings. The van der Waals surface area contributed by atoms with E-state index in [9.17, 15) is 19.3 Å². The predicted octanol–water partition coefficient (Wildman–Crippen LogP) is 4.95. The summed E-state index contributed by atoms with van der Waals surface area (Å²) in [5.74, 6) is -0.606. The van der Waals surface area contributed by atoms with Gasteiger partial charge in [0.15, 0.2) is 0 Å². The van der Waals surface area contributed by atoms with E-state index >= 15 is 0 Å². The van der Waals surface area contributed by atoms with Gasteiger partial charge >= 0.3 is 0 Å². The lowest BCUT2D eigenvalue weighted by molar-refractivity contribution is -0.384. The largest absolute Gasteiger partial charge is 0.306 e. The number of aromatic nitrogens is 2. The third kappa shape index (κ3) is 3.53. The number of hydrogen-bond acceptors (Lipinski definition) is 4. The van der Waals surface area contributed by atoms with Gasteiger partial charge in [0.25, 0.3) is 11.6 Å². The Morgan fingerprint density at radius 2 is 1.90 bits per heavy atom. The molecule has 0 bridgehead atoms. The second-order valence-corrected chi connectivity index (χ2v) is 6.53. The summed E-state index contributed by atoms with van der Waals surface area (Å²) in [5.41, 5.74) is 1.32. The Morgan fingerprint density at radius 3 is 2.62 bits per heavy atom. The number of amides is 1. The number of fused-ring (bicyclic) bond motifs is 1. The highest BCUT2D eigenvalue weighted by Gasteiger charge is 2.20. The van der Waals surface area contributed by atoms with Crippen LogP contribution in [0.4, 0.5) is 15.9 Å². The van der Waals surface area contributed by atoms with Crippen molar-refractivity contribution in [3.63, 3.8) is 0 Å². The molecular formula is C20H12ClFN4O3. The first-order chi connectivity index (χ1) is 13.9. The number of nitrogens with zero attached hydrogens (tertiary/aromatic N) is 3. The maximum Gasteiger partial charge on any atom is 0.288 e. The highest BCUT2D eigenvalue weighted by Crippen LogP contribution is 2.30. The zero-order valence-corrected chi connectivity index (χ0v) is 15.4. The van der Waals surface area contributed by atoms with E-state index in [-0.39, 0.29) is 16.3 Å². The Kier molecular flexibility index (Phi) is 4.69. The molecule has 29 heavy (non-hydrogen) atoms. The van der Waals surface area contributed by atoms with Crippen LogP contribution in [0.2, 0.25) is 5.02 Å². The van der Waals surface area contributed by atoms with E-state index < -0.39 is 16.6 Å². The molecule has 1 N–H and O–H groups in total. The lowest BCUT2D eigenvalue weighted by atomic mass is 10.1. The summed E-state index contributed by atoms with van der Waals surface area (Å²) in [6.07, 6.45) is 1.72. The van der Waals surface area contributed by atoms with Crippen LogP contribution in [0.15, 0.2) is 66.9 Å². The molecule has 0 aliphatic heterocycles. The summed E-state index contributed by atoms with van der Waals surface area (Å²) in [7, 11) is 0. The minimum absolute atomic E-state index is 0.0617. The summed E-state index contributed by atoms with van der Waals surface area (Å²) in [4.78, 5) is 27.8. The lowest BCUT2D eigenvalue weighted by Crippen LogP contribution is -2.14. The van der Waals surface area contributed by atoms with Gasteiger partial charge < -0.3 is 5.32 Å². The normalized spacial score (nSPS) is 10.8. The van der Waals surface area contributed by atoms with Crippen molar-refractivity contribution < 1.29 is 14.1 Å². The summed E-state index contributed by atoms with van der Waals surface area (Å²) < 4.78 is 15.0. The number of carbonyl (C=O) groups is 1. The van der Waals surface area contributed by atoms with Crippen molar-refractivity contribution in [3.8, 4) is 11.3 Å². The standard InChI is InChI=1S/C20H12ClFN4O3/c21-15-9-6-13(11-16(15)26(28)29)20(27)24-19-18(12-4-7-14(22)8-5-12)23-17-3-1-2-10-25(17)19/h1-11H,(H,24,27). The van der Waals surface area contributed by atoms with Crippen molar-refractivity contribution in [2.45, 2.75) is 0 Å².